The van der Waals surface area contributed by atoms with Crippen molar-refractivity contribution in [2.45, 2.75) is 32.6 Å². The van der Waals surface area contributed by atoms with Crippen molar-refractivity contribution >= 4 is 5.57 Å². The molecule has 0 amide bonds. The fourth-order valence-electron chi connectivity index (χ4n) is 5.40. The minimum absolute atomic E-state index is 0.654. The molecule has 0 saturated heterocycles. The predicted molar refractivity (Wildman–Crippen MR) is 119 cm³/mol. The Kier molecular flexibility index (Phi) is 4.43. The zero-order valence-electron chi connectivity index (χ0n) is 16.8. The van der Waals surface area contributed by atoms with Crippen LogP contribution in [0, 0.1) is 17.8 Å². The third kappa shape index (κ3) is 3.02. The van der Waals surface area contributed by atoms with E-state index in [2.05, 4.69) is 98.8 Å². The Morgan fingerprint density at radius 2 is 1.32 bits per heavy atom. The average Bonchev–Trinajstić information content (AvgIpc) is 3.19. The quantitative estimate of drug-likeness (QED) is 0.455. The molecule has 2 aliphatic rings. The molecule has 5 rings (SSSR count). The molecule has 0 saturated carbocycles. The van der Waals surface area contributed by atoms with Gasteiger partial charge in [0.25, 0.3) is 0 Å². The van der Waals surface area contributed by atoms with Gasteiger partial charge < -0.3 is 0 Å². The molecule has 0 fully saturated rings. The molecule has 0 aliphatic heterocycles. The van der Waals surface area contributed by atoms with E-state index >= 15 is 0 Å². The molecular formula is C28H28. The first-order valence-corrected chi connectivity index (χ1v) is 10.6. The molecule has 0 nitrogen and oxygen atoms in total. The van der Waals surface area contributed by atoms with Gasteiger partial charge in [0.15, 0.2) is 0 Å². The second kappa shape index (κ2) is 7.09. The van der Waals surface area contributed by atoms with Gasteiger partial charge in [-0.2, -0.15) is 0 Å². The van der Waals surface area contributed by atoms with Crippen LogP contribution in [0.4, 0.5) is 0 Å². The molecule has 0 heteroatoms. The third-order valence-electron chi connectivity index (χ3n) is 6.92. The highest BCUT2D eigenvalue weighted by Gasteiger charge is 2.40. The number of rotatable bonds is 3. The first kappa shape index (κ1) is 17.5. The summed E-state index contributed by atoms with van der Waals surface area (Å²) < 4.78 is 0. The number of allylic oxidation sites excluding steroid dienone is 2. The summed E-state index contributed by atoms with van der Waals surface area (Å²) in [5.41, 5.74) is 8.70. The van der Waals surface area contributed by atoms with Crippen molar-refractivity contribution in [2.75, 3.05) is 0 Å². The van der Waals surface area contributed by atoms with Crippen LogP contribution in [0.25, 0.3) is 16.7 Å². The summed E-state index contributed by atoms with van der Waals surface area (Å²) in [6.45, 7) is 4.80. The Morgan fingerprint density at radius 3 is 2.07 bits per heavy atom. The maximum atomic E-state index is 2.61. The number of hydrogen-bond donors (Lipinski definition) is 0. The second-order valence-electron chi connectivity index (χ2n) is 8.83. The summed E-state index contributed by atoms with van der Waals surface area (Å²) in [7, 11) is 0. The molecular weight excluding hydrogens is 336 g/mol. The topological polar surface area (TPSA) is 0 Å². The van der Waals surface area contributed by atoms with Crippen molar-refractivity contribution in [3.63, 3.8) is 0 Å². The van der Waals surface area contributed by atoms with Crippen molar-refractivity contribution in [3.05, 3.63) is 102 Å². The molecule has 28 heavy (non-hydrogen) atoms. The van der Waals surface area contributed by atoms with Crippen LogP contribution in [0.2, 0.25) is 0 Å². The molecule has 3 aromatic rings. The minimum Gasteiger partial charge on any atom is -0.0767 e. The van der Waals surface area contributed by atoms with Gasteiger partial charge in [-0.3, -0.25) is 0 Å². The first-order valence-electron chi connectivity index (χ1n) is 10.6. The van der Waals surface area contributed by atoms with E-state index in [0.29, 0.717) is 11.8 Å². The number of hydrogen-bond acceptors (Lipinski definition) is 0. The van der Waals surface area contributed by atoms with Crippen molar-refractivity contribution in [2.24, 2.45) is 17.8 Å². The van der Waals surface area contributed by atoms with E-state index in [-0.39, 0.29) is 0 Å². The Labute approximate surface area is 168 Å². The summed E-state index contributed by atoms with van der Waals surface area (Å²) in [5, 5.41) is 0. The molecule has 0 aromatic heterocycles. The van der Waals surface area contributed by atoms with Crippen LogP contribution in [-0.2, 0) is 6.42 Å². The van der Waals surface area contributed by atoms with Crippen LogP contribution in [0.3, 0.4) is 0 Å². The molecule has 0 bridgehead atoms. The largest absolute Gasteiger partial charge is 0.0767 e. The summed E-state index contributed by atoms with van der Waals surface area (Å²) in [4.78, 5) is 0. The summed E-state index contributed by atoms with van der Waals surface area (Å²) in [5.74, 6) is 2.80. The van der Waals surface area contributed by atoms with E-state index in [1.165, 1.54) is 35.1 Å². The molecule has 0 radical (unpaired) electrons. The molecule has 2 aliphatic carbocycles. The van der Waals surface area contributed by atoms with Gasteiger partial charge in [-0.1, -0.05) is 98.8 Å². The van der Waals surface area contributed by atoms with Crippen LogP contribution < -0.4 is 0 Å². The van der Waals surface area contributed by atoms with Gasteiger partial charge in [0.2, 0.25) is 0 Å². The van der Waals surface area contributed by atoms with Gasteiger partial charge in [-0.15, -0.1) is 0 Å². The predicted octanol–water partition coefficient (Wildman–Crippen LogP) is 7.37. The molecule has 0 heterocycles. The van der Waals surface area contributed by atoms with Gasteiger partial charge in [-0.05, 0) is 69.9 Å². The molecule has 3 atom stereocenters. The lowest BCUT2D eigenvalue weighted by atomic mass is 9.67. The van der Waals surface area contributed by atoms with Crippen molar-refractivity contribution in [3.8, 4) is 11.1 Å². The lowest BCUT2D eigenvalue weighted by molar-refractivity contribution is 0.252. The Hall–Kier alpha value is -2.60. The van der Waals surface area contributed by atoms with E-state index in [1.54, 1.807) is 11.1 Å². The summed E-state index contributed by atoms with van der Waals surface area (Å²) in [6.07, 6.45) is 5.02. The molecule has 3 aromatic carbocycles. The monoisotopic (exact) mass is 364 g/mol. The zero-order chi connectivity index (χ0) is 19.1. The zero-order valence-corrected chi connectivity index (χ0v) is 16.8. The second-order valence-corrected chi connectivity index (χ2v) is 8.83. The SMILES string of the molecule is CC(C)C1Cc2ccccc2C2CC(c3ccc(-c4ccccc4)cc3)=CC21. The van der Waals surface area contributed by atoms with Gasteiger partial charge >= 0.3 is 0 Å². The third-order valence-corrected chi connectivity index (χ3v) is 6.92. The highest BCUT2D eigenvalue weighted by molar-refractivity contribution is 5.73. The smallest absolute Gasteiger partial charge is 0.00526 e. The van der Waals surface area contributed by atoms with Crippen LogP contribution >= 0.6 is 0 Å². The van der Waals surface area contributed by atoms with Crippen molar-refractivity contribution in [1.29, 1.82) is 0 Å². The van der Waals surface area contributed by atoms with Gasteiger partial charge in [0.1, 0.15) is 0 Å². The van der Waals surface area contributed by atoms with Crippen molar-refractivity contribution < 1.29 is 0 Å². The minimum atomic E-state index is 0.654. The summed E-state index contributed by atoms with van der Waals surface area (Å²) in [6, 6.07) is 29.0. The number of benzene rings is 3. The maximum absolute atomic E-state index is 2.61. The maximum Gasteiger partial charge on any atom is -0.00526 e. The highest BCUT2D eigenvalue weighted by Crippen LogP contribution is 2.52. The molecule has 3 unspecified atom stereocenters. The van der Waals surface area contributed by atoms with E-state index in [4.69, 9.17) is 0 Å². The standard InChI is InChI=1S/C28H28/c1-19(2)26-16-23-10-6-7-11-25(23)27-17-24(18-28(26)27)22-14-12-21(13-15-22)20-8-4-3-5-9-20/h3-15,18-19,26-28H,16-17H2,1-2H3. The van der Waals surface area contributed by atoms with Gasteiger partial charge in [-0.25, -0.2) is 0 Å². The highest BCUT2D eigenvalue weighted by atomic mass is 14.4. The van der Waals surface area contributed by atoms with Crippen LogP contribution in [0.1, 0.15) is 42.9 Å². The van der Waals surface area contributed by atoms with Crippen LogP contribution in [0.15, 0.2) is 84.9 Å². The lowest BCUT2D eigenvalue weighted by Crippen LogP contribution is -2.29. The normalized spacial score (nSPS) is 23.2. The Bertz CT molecular complexity index is 992. The van der Waals surface area contributed by atoms with Gasteiger partial charge in [0, 0.05) is 0 Å². The summed E-state index contributed by atoms with van der Waals surface area (Å²) >= 11 is 0. The number of fused-ring (bicyclic) bond motifs is 3. The molecule has 0 spiro atoms. The van der Waals surface area contributed by atoms with E-state index < -0.39 is 0 Å². The van der Waals surface area contributed by atoms with E-state index in [0.717, 1.165) is 11.8 Å². The van der Waals surface area contributed by atoms with E-state index in [1.807, 2.05) is 0 Å². The average molecular weight is 365 g/mol. The Balaban J connectivity index is 1.47. The van der Waals surface area contributed by atoms with E-state index in [9.17, 15) is 0 Å². The van der Waals surface area contributed by atoms with Gasteiger partial charge in [0.05, 0.1) is 0 Å². The fraction of sp³-hybridized carbons (Fsp3) is 0.286. The molecule has 0 N–H and O–H groups in total. The lowest BCUT2D eigenvalue weighted by Gasteiger charge is -2.37. The van der Waals surface area contributed by atoms with Crippen LogP contribution in [-0.4, -0.2) is 0 Å². The first-order chi connectivity index (χ1) is 13.7. The fourth-order valence-corrected chi connectivity index (χ4v) is 5.40. The Morgan fingerprint density at radius 1 is 0.679 bits per heavy atom. The van der Waals surface area contributed by atoms with Crippen LogP contribution in [0.5, 0.6) is 0 Å². The van der Waals surface area contributed by atoms with Crippen molar-refractivity contribution in [1.82, 2.24) is 0 Å². The molecule has 140 valence electrons.